The van der Waals surface area contributed by atoms with Crippen molar-refractivity contribution in [2.45, 2.75) is 13.0 Å². The molecule has 1 aliphatic rings. The molecule has 0 amide bonds. The van der Waals surface area contributed by atoms with E-state index >= 15 is 0 Å². The predicted molar refractivity (Wildman–Crippen MR) is 76.1 cm³/mol. The van der Waals surface area contributed by atoms with Gasteiger partial charge in [-0.1, -0.05) is 0 Å². The van der Waals surface area contributed by atoms with Gasteiger partial charge in [0.25, 0.3) is 0 Å². The van der Waals surface area contributed by atoms with Crippen molar-refractivity contribution in [3.05, 3.63) is 17.3 Å². The molecule has 0 saturated carbocycles. The maximum Gasteiger partial charge on any atom is 0.336 e. The first-order valence-electron chi connectivity index (χ1n) is 6.34. The molecular formula is C13H15N3O3S. The molecule has 0 aliphatic carbocycles. The minimum atomic E-state index is -0.557. The lowest BCUT2D eigenvalue weighted by atomic mass is 10.2. The molecule has 7 heteroatoms. The van der Waals surface area contributed by atoms with Crippen molar-refractivity contribution in [1.82, 2.24) is 9.97 Å². The normalized spacial score (nSPS) is 19.3. The van der Waals surface area contributed by atoms with Crippen LogP contribution in [0.15, 0.2) is 12.4 Å². The van der Waals surface area contributed by atoms with E-state index in [2.05, 4.69) is 20.9 Å². The molecule has 1 saturated heterocycles. The average molecular weight is 293 g/mol. The van der Waals surface area contributed by atoms with Crippen LogP contribution in [0.25, 0.3) is 10.2 Å². The summed E-state index contributed by atoms with van der Waals surface area (Å²) < 4.78 is 10.2. The average Bonchev–Trinajstić information content (AvgIpc) is 2.86. The first kappa shape index (κ1) is 13.3. The number of aromatic nitrogens is 2. The summed E-state index contributed by atoms with van der Waals surface area (Å²) in [5, 5.41) is 1.03. The summed E-state index contributed by atoms with van der Waals surface area (Å²) in [5.41, 5.74) is 0. The molecular weight excluding hydrogens is 278 g/mol. The lowest BCUT2D eigenvalue weighted by Crippen LogP contribution is -2.47. The minimum Gasteiger partial charge on any atom is -0.467 e. The molecule has 1 atom stereocenters. The van der Waals surface area contributed by atoms with Crippen molar-refractivity contribution in [1.29, 1.82) is 0 Å². The van der Waals surface area contributed by atoms with Gasteiger partial charge in [-0.15, -0.1) is 11.3 Å². The summed E-state index contributed by atoms with van der Waals surface area (Å²) in [6.45, 7) is 3.68. The van der Waals surface area contributed by atoms with Crippen LogP contribution < -0.4 is 4.90 Å². The van der Waals surface area contributed by atoms with Gasteiger partial charge in [-0.05, 0) is 13.0 Å². The second-order valence-electron chi connectivity index (χ2n) is 4.60. The van der Waals surface area contributed by atoms with Crippen LogP contribution in [0.4, 0.5) is 5.82 Å². The van der Waals surface area contributed by atoms with Gasteiger partial charge >= 0.3 is 5.97 Å². The first-order valence-corrected chi connectivity index (χ1v) is 7.16. The fourth-order valence-corrected chi connectivity index (χ4v) is 3.17. The van der Waals surface area contributed by atoms with Crippen LogP contribution in [0, 0.1) is 6.92 Å². The second kappa shape index (κ2) is 5.34. The maximum absolute atomic E-state index is 11.6. The smallest absolute Gasteiger partial charge is 0.336 e. The highest BCUT2D eigenvalue weighted by Gasteiger charge is 2.29. The SMILES string of the molecule is COC(=O)C1CN(c2ncnc3sc(C)cc23)CCO1. The van der Waals surface area contributed by atoms with Gasteiger partial charge in [-0.25, -0.2) is 14.8 Å². The van der Waals surface area contributed by atoms with Gasteiger partial charge in [0.05, 0.1) is 25.6 Å². The van der Waals surface area contributed by atoms with Crippen molar-refractivity contribution < 1.29 is 14.3 Å². The Hall–Kier alpha value is -1.73. The fourth-order valence-electron chi connectivity index (χ4n) is 2.33. The highest BCUT2D eigenvalue weighted by Crippen LogP contribution is 2.30. The molecule has 0 N–H and O–H groups in total. The number of carbonyl (C=O) groups is 1. The van der Waals surface area contributed by atoms with E-state index in [1.54, 1.807) is 17.7 Å². The Bertz CT molecular complexity index is 643. The fraction of sp³-hybridized carbons (Fsp3) is 0.462. The zero-order valence-corrected chi connectivity index (χ0v) is 12.1. The van der Waals surface area contributed by atoms with Gasteiger partial charge in [0.15, 0.2) is 6.10 Å². The molecule has 6 nitrogen and oxygen atoms in total. The maximum atomic E-state index is 11.6. The summed E-state index contributed by atoms with van der Waals surface area (Å²) in [4.78, 5) is 24.5. The van der Waals surface area contributed by atoms with Crippen molar-refractivity contribution in [3.63, 3.8) is 0 Å². The van der Waals surface area contributed by atoms with E-state index < -0.39 is 6.10 Å². The van der Waals surface area contributed by atoms with E-state index in [0.717, 1.165) is 16.0 Å². The predicted octanol–water partition coefficient (Wildman–Crippen LogP) is 1.38. The third-order valence-electron chi connectivity index (χ3n) is 3.26. The summed E-state index contributed by atoms with van der Waals surface area (Å²) >= 11 is 1.64. The minimum absolute atomic E-state index is 0.346. The van der Waals surface area contributed by atoms with Crippen molar-refractivity contribution >= 4 is 33.3 Å². The summed E-state index contributed by atoms with van der Waals surface area (Å²) in [6.07, 6.45) is 1.01. The number of aryl methyl sites for hydroxylation is 1. The number of carbonyl (C=O) groups excluding carboxylic acids is 1. The number of esters is 1. The molecule has 1 aliphatic heterocycles. The Kier molecular flexibility index (Phi) is 3.54. The summed E-state index contributed by atoms with van der Waals surface area (Å²) in [6, 6.07) is 2.08. The van der Waals surface area contributed by atoms with Crippen molar-refractivity contribution in [2.24, 2.45) is 0 Å². The van der Waals surface area contributed by atoms with E-state index in [1.165, 1.54) is 12.0 Å². The number of hydrogen-bond donors (Lipinski definition) is 0. The van der Waals surface area contributed by atoms with E-state index in [-0.39, 0.29) is 5.97 Å². The second-order valence-corrected chi connectivity index (χ2v) is 5.84. The highest BCUT2D eigenvalue weighted by atomic mass is 32.1. The van der Waals surface area contributed by atoms with Gasteiger partial charge < -0.3 is 14.4 Å². The molecule has 0 spiro atoms. The van der Waals surface area contributed by atoms with Crippen LogP contribution in [0.5, 0.6) is 0 Å². The van der Waals surface area contributed by atoms with E-state index in [1.807, 2.05) is 6.92 Å². The number of methoxy groups -OCH3 is 1. The number of rotatable bonds is 2. The molecule has 2 aromatic heterocycles. The molecule has 0 radical (unpaired) electrons. The monoisotopic (exact) mass is 293 g/mol. The number of anilines is 1. The molecule has 106 valence electrons. The lowest BCUT2D eigenvalue weighted by molar-refractivity contribution is -0.154. The topological polar surface area (TPSA) is 64.5 Å². The standard InChI is InChI=1S/C13H15N3O3S/c1-8-5-9-11(14-7-15-12(9)20-8)16-3-4-19-10(6-16)13(17)18-2/h5,7,10H,3-4,6H2,1-2H3. The Morgan fingerprint density at radius 2 is 2.40 bits per heavy atom. The molecule has 3 heterocycles. The van der Waals surface area contributed by atoms with Gasteiger partial charge in [0.2, 0.25) is 0 Å². The van der Waals surface area contributed by atoms with Crippen LogP contribution in [0.1, 0.15) is 4.88 Å². The van der Waals surface area contributed by atoms with E-state index in [0.29, 0.717) is 19.7 Å². The van der Waals surface area contributed by atoms with E-state index in [4.69, 9.17) is 9.47 Å². The Morgan fingerprint density at radius 1 is 1.55 bits per heavy atom. The molecule has 1 fully saturated rings. The van der Waals surface area contributed by atoms with E-state index in [9.17, 15) is 4.79 Å². The molecule has 20 heavy (non-hydrogen) atoms. The van der Waals surface area contributed by atoms with Gasteiger partial charge in [0, 0.05) is 11.4 Å². The number of fused-ring (bicyclic) bond motifs is 1. The lowest BCUT2D eigenvalue weighted by Gasteiger charge is -2.32. The zero-order valence-electron chi connectivity index (χ0n) is 11.3. The van der Waals surface area contributed by atoms with Gasteiger partial charge in [0.1, 0.15) is 17.0 Å². The van der Waals surface area contributed by atoms with Crippen LogP contribution in [-0.4, -0.2) is 48.8 Å². The van der Waals surface area contributed by atoms with Crippen LogP contribution in [0.2, 0.25) is 0 Å². The van der Waals surface area contributed by atoms with Crippen LogP contribution in [0.3, 0.4) is 0 Å². The number of hydrogen-bond acceptors (Lipinski definition) is 7. The van der Waals surface area contributed by atoms with Crippen LogP contribution in [-0.2, 0) is 14.3 Å². The third kappa shape index (κ3) is 2.34. The highest BCUT2D eigenvalue weighted by molar-refractivity contribution is 7.18. The largest absolute Gasteiger partial charge is 0.467 e. The molecule has 0 aromatic carbocycles. The summed E-state index contributed by atoms with van der Waals surface area (Å²) in [5.74, 6) is 0.512. The Balaban J connectivity index is 1.92. The number of nitrogens with zero attached hydrogens (tertiary/aromatic N) is 3. The zero-order chi connectivity index (χ0) is 14.1. The summed E-state index contributed by atoms with van der Waals surface area (Å²) in [7, 11) is 1.37. The Morgan fingerprint density at radius 3 is 3.20 bits per heavy atom. The molecule has 0 bridgehead atoms. The van der Waals surface area contributed by atoms with Crippen LogP contribution >= 0.6 is 11.3 Å². The first-order chi connectivity index (χ1) is 9.69. The number of thiophene rings is 1. The number of morpholine rings is 1. The number of ether oxygens (including phenoxy) is 2. The van der Waals surface area contributed by atoms with Crippen molar-refractivity contribution in [2.75, 3.05) is 31.7 Å². The van der Waals surface area contributed by atoms with Gasteiger partial charge in [-0.2, -0.15) is 0 Å². The molecule has 3 rings (SSSR count). The third-order valence-corrected chi connectivity index (χ3v) is 4.22. The Labute approximate surface area is 120 Å². The van der Waals surface area contributed by atoms with Crippen molar-refractivity contribution in [3.8, 4) is 0 Å². The quantitative estimate of drug-likeness (QED) is 0.779. The molecule has 1 unspecified atom stereocenters. The molecule has 2 aromatic rings. The van der Waals surface area contributed by atoms with Gasteiger partial charge in [-0.3, -0.25) is 0 Å².